The molecule has 0 unspecified atom stereocenters. The largest absolute Gasteiger partial charge is 0.299 e. The van der Waals surface area contributed by atoms with Gasteiger partial charge in [-0.3, -0.25) is 4.84 Å². The minimum absolute atomic E-state index is 0.495. The molecular formula is C11H23NO. The van der Waals surface area contributed by atoms with Crippen LogP contribution in [0.25, 0.3) is 0 Å². The molecule has 0 aliphatic heterocycles. The first-order valence-corrected chi connectivity index (χ1v) is 5.75. The third kappa shape index (κ3) is 4.10. The van der Waals surface area contributed by atoms with Gasteiger partial charge in [-0.15, -0.1) is 0 Å². The summed E-state index contributed by atoms with van der Waals surface area (Å²) in [6, 6.07) is 0. The molecule has 1 fully saturated rings. The van der Waals surface area contributed by atoms with E-state index in [0.29, 0.717) is 6.10 Å². The Morgan fingerprint density at radius 2 is 1.85 bits per heavy atom. The predicted molar refractivity (Wildman–Crippen MR) is 55.4 cm³/mol. The Hall–Kier alpha value is -0.0800. The summed E-state index contributed by atoms with van der Waals surface area (Å²) in [5, 5.41) is 0. The van der Waals surface area contributed by atoms with Crippen LogP contribution in [0.4, 0.5) is 0 Å². The number of rotatable bonds is 6. The molecule has 0 radical (unpaired) electrons. The van der Waals surface area contributed by atoms with Gasteiger partial charge in [0, 0.05) is 6.54 Å². The van der Waals surface area contributed by atoms with Gasteiger partial charge in [-0.05, 0) is 18.8 Å². The standard InChI is InChI=1S/C11H23NO/c1-3-10(4-2)9-12-13-11-7-5-6-8-11/h10-12H,3-9H2,1-2H3. The second kappa shape index (κ2) is 6.39. The van der Waals surface area contributed by atoms with Crippen molar-refractivity contribution in [3.63, 3.8) is 0 Å². The van der Waals surface area contributed by atoms with E-state index in [2.05, 4.69) is 19.3 Å². The molecule has 13 heavy (non-hydrogen) atoms. The Labute approximate surface area is 82.0 Å². The van der Waals surface area contributed by atoms with Crippen LogP contribution < -0.4 is 5.48 Å². The van der Waals surface area contributed by atoms with Crippen molar-refractivity contribution in [2.75, 3.05) is 6.54 Å². The Morgan fingerprint density at radius 3 is 2.38 bits per heavy atom. The van der Waals surface area contributed by atoms with Crippen molar-refractivity contribution in [1.82, 2.24) is 5.48 Å². The Kier molecular flexibility index (Phi) is 5.40. The Balaban J connectivity index is 1.98. The fourth-order valence-electron chi connectivity index (χ4n) is 1.87. The lowest BCUT2D eigenvalue weighted by Crippen LogP contribution is -2.26. The zero-order valence-corrected chi connectivity index (χ0v) is 9.01. The molecule has 2 heteroatoms. The first-order valence-electron chi connectivity index (χ1n) is 5.75. The highest BCUT2D eigenvalue weighted by molar-refractivity contribution is 4.66. The topological polar surface area (TPSA) is 21.3 Å². The van der Waals surface area contributed by atoms with E-state index in [0.717, 1.165) is 12.5 Å². The third-order valence-corrected chi connectivity index (χ3v) is 3.08. The predicted octanol–water partition coefficient (Wildman–Crippen LogP) is 2.89. The van der Waals surface area contributed by atoms with Crippen LogP contribution in [0, 0.1) is 5.92 Å². The fourth-order valence-corrected chi connectivity index (χ4v) is 1.87. The van der Waals surface area contributed by atoms with Gasteiger partial charge in [-0.1, -0.05) is 39.5 Å². The molecular weight excluding hydrogens is 162 g/mol. The molecule has 1 rings (SSSR count). The maximum Gasteiger partial charge on any atom is 0.0790 e. The van der Waals surface area contributed by atoms with Gasteiger partial charge in [-0.25, -0.2) is 5.48 Å². The quantitative estimate of drug-likeness (QED) is 0.642. The summed E-state index contributed by atoms with van der Waals surface area (Å²) in [4.78, 5) is 5.59. The molecule has 0 aromatic rings. The Morgan fingerprint density at radius 1 is 1.23 bits per heavy atom. The summed E-state index contributed by atoms with van der Waals surface area (Å²) >= 11 is 0. The minimum Gasteiger partial charge on any atom is -0.299 e. The molecule has 2 nitrogen and oxygen atoms in total. The maximum atomic E-state index is 5.59. The molecule has 1 aliphatic carbocycles. The van der Waals surface area contributed by atoms with E-state index >= 15 is 0 Å². The SMILES string of the molecule is CCC(CC)CNOC1CCCC1. The van der Waals surface area contributed by atoms with Crippen molar-refractivity contribution in [1.29, 1.82) is 0 Å². The lowest BCUT2D eigenvalue weighted by Gasteiger charge is -2.16. The molecule has 0 atom stereocenters. The number of hydrogen-bond acceptors (Lipinski definition) is 2. The van der Waals surface area contributed by atoms with Gasteiger partial charge in [-0.2, -0.15) is 0 Å². The van der Waals surface area contributed by atoms with E-state index in [1.54, 1.807) is 0 Å². The highest BCUT2D eigenvalue weighted by Crippen LogP contribution is 2.20. The van der Waals surface area contributed by atoms with E-state index in [-0.39, 0.29) is 0 Å². The molecule has 0 aromatic carbocycles. The maximum absolute atomic E-state index is 5.59. The van der Waals surface area contributed by atoms with Gasteiger partial charge < -0.3 is 0 Å². The average molecular weight is 185 g/mol. The molecule has 1 aliphatic rings. The number of hydroxylamine groups is 1. The van der Waals surface area contributed by atoms with Crippen molar-refractivity contribution in [2.45, 2.75) is 58.5 Å². The summed E-state index contributed by atoms with van der Waals surface area (Å²) in [6.45, 7) is 5.50. The van der Waals surface area contributed by atoms with Crippen LogP contribution in [-0.2, 0) is 4.84 Å². The smallest absolute Gasteiger partial charge is 0.0790 e. The molecule has 0 saturated heterocycles. The van der Waals surface area contributed by atoms with E-state index in [4.69, 9.17) is 4.84 Å². The molecule has 0 bridgehead atoms. The normalized spacial score (nSPS) is 18.7. The van der Waals surface area contributed by atoms with Crippen LogP contribution in [0.2, 0.25) is 0 Å². The molecule has 0 aromatic heterocycles. The zero-order chi connectivity index (χ0) is 9.52. The molecule has 78 valence electrons. The lowest BCUT2D eigenvalue weighted by atomic mass is 10.0. The molecule has 0 amide bonds. The van der Waals surface area contributed by atoms with Crippen LogP contribution in [0.15, 0.2) is 0 Å². The van der Waals surface area contributed by atoms with E-state index in [1.807, 2.05) is 0 Å². The Bertz CT molecular complexity index is 115. The third-order valence-electron chi connectivity index (χ3n) is 3.08. The van der Waals surface area contributed by atoms with E-state index < -0.39 is 0 Å². The lowest BCUT2D eigenvalue weighted by molar-refractivity contribution is -0.0271. The highest BCUT2D eigenvalue weighted by atomic mass is 16.7. The number of nitrogens with one attached hydrogen (secondary N) is 1. The van der Waals surface area contributed by atoms with Crippen molar-refractivity contribution in [3.8, 4) is 0 Å². The van der Waals surface area contributed by atoms with Gasteiger partial charge in [0.25, 0.3) is 0 Å². The fraction of sp³-hybridized carbons (Fsp3) is 1.00. The van der Waals surface area contributed by atoms with Gasteiger partial charge in [0.05, 0.1) is 6.10 Å². The second-order valence-electron chi connectivity index (χ2n) is 4.06. The molecule has 0 heterocycles. The van der Waals surface area contributed by atoms with Gasteiger partial charge in [0.15, 0.2) is 0 Å². The van der Waals surface area contributed by atoms with Crippen molar-refractivity contribution in [2.24, 2.45) is 5.92 Å². The van der Waals surface area contributed by atoms with Crippen LogP contribution in [0.5, 0.6) is 0 Å². The van der Waals surface area contributed by atoms with E-state index in [1.165, 1.54) is 38.5 Å². The van der Waals surface area contributed by atoms with Crippen LogP contribution in [0.1, 0.15) is 52.4 Å². The van der Waals surface area contributed by atoms with Crippen LogP contribution >= 0.6 is 0 Å². The molecule has 1 N–H and O–H groups in total. The monoisotopic (exact) mass is 185 g/mol. The van der Waals surface area contributed by atoms with Crippen molar-refractivity contribution < 1.29 is 4.84 Å². The van der Waals surface area contributed by atoms with Crippen LogP contribution in [-0.4, -0.2) is 12.6 Å². The van der Waals surface area contributed by atoms with Crippen molar-refractivity contribution in [3.05, 3.63) is 0 Å². The van der Waals surface area contributed by atoms with Crippen LogP contribution in [0.3, 0.4) is 0 Å². The molecule has 1 saturated carbocycles. The average Bonchev–Trinajstić information content (AvgIpc) is 2.65. The second-order valence-corrected chi connectivity index (χ2v) is 4.06. The van der Waals surface area contributed by atoms with Gasteiger partial charge in [0.2, 0.25) is 0 Å². The first-order chi connectivity index (χ1) is 6.36. The first kappa shape index (κ1) is 11.0. The van der Waals surface area contributed by atoms with Gasteiger partial charge in [0.1, 0.15) is 0 Å². The summed E-state index contributed by atoms with van der Waals surface area (Å²) in [5.74, 6) is 0.779. The summed E-state index contributed by atoms with van der Waals surface area (Å²) in [6.07, 6.45) is 8.17. The summed E-state index contributed by atoms with van der Waals surface area (Å²) in [5.41, 5.74) is 3.13. The summed E-state index contributed by atoms with van der Waals surface area (Å²) < 4.78 is 0. The van der Waals surface area contributed by atoms with E-state index in [9.17, 15) is 0 Å². The summed E-state index contributed by atoms with van der Waals surface area (Å²) in [7, 11) is 0. The van der Waals surface area contributed by atoms with Crippen molar-refractivity contribution >= 4 is 0 Å². The number of hydrogen-bond donors (Lipinski definition) is 1. The minimum atomic E-state index is 0.495. The molecule has 0 spiro atoms. The highest BCUT2D eigenvalue weighted by Gasteiger charge is 2.15. The van der Waals surface area contributed by atoms with Gasteiger partial charge >= 0.3 is 0 Å². The zero-order valence-electron chi connectivity index (χ0n) is 9.01.